The summed E-state index contributed by atoms with van der Waals surface area (Å²) in [6.45, 7) is 3.80. The fourth-order valence-electron chi connectivity index (χ4n) is 4.66. The van der Waals surface area contributed by atoms with E-state index in [2.05, 4.69) is 15.1 Å². The van der Waals surface area contributed by atoms with Crippen molar-refractivity contribution in [1.29, 1.82) is 0 Å². The van der Waals surface area contributed by atoms with Crippen molar-refractivity contribution in [3.8, 4) is 17.0 Å². The van der Waals surface area contributed by atoms with Gasteiger partial charge in [-0.1, -0.05) is 0 Å². The van der Waals surface area contributed by atoms with Crippen molar-refractivity contribution in [1.82, 2.24) is 19.9 Å². The predicted octanol–water partition coefficient (Wildman–Crippen LogP) is 3.83. The Morgan fingerprint density at radius 1 is 1.11 bits per heavy atom. The van der Waals surface area contributed by atoms with Crippen LogP contribution in [0.5, 0.6) is 5.75 Å². The number of carbonyl (C=O) groups is 2. The van der Waals surface area contributed by atoms with Crippen LogP contribution >= 0.6 is 0 Å². The second-order valence-corrected chi connectivity index (χ2v) is 9.01. The van der Waals surface area contributed by atoms with Crippen LogP contribution in [0.1, 0.15) is 39.8 Å². The Morgan fingerprint density at radius 3 is 2.46 bits per heavy atom. The number of primary amides is 1. The molecule has 3 N–H and O–H groups in total. The summed E-state index contributed by atoms with van der Waals surface area (Å²) in [7, 11) is 0. The predicted molar refractivity (Wildman–Crippen MR) is 127 cm³/mol. The monoisotopic (exact) mass is 512 g/mol. The van der Waals surface area contributed by atoms with Crippen LogP contribution in [0.3, 0.4) is 0 Å². The minimum absolute atomic E-state index is 0.0463. The van der Waals surface area contributed by atoms with Gasteiger partial charge in [-0.25, -0.2) is 23.0 Å². The Kier molecular flexibility index (Phi) is 6.10. The van der Waals surface area contributed by atoms with Crippen molar-refractivity contribution < 1.29 is 27.5 Å². The highest BCUT2D eigenvalue weighted by Crippen LogP contribution is 2.34. The van der Waals surface area contributed by atoms with Crippen molar-refractivity contribution in [2.45, 2.75) is 32.4 Å². The van der Waals surface area contributed by atoms with Gasteiger partial charge in [0.15, 0.2) is 11.6 Å². The van der Waals surface area contributed by atoms with Crippen molar-refractivity contribution in [3.05, 3.63) is 70.4 Å². The number of rotatable bonds is 5. The van der Waals surface area contributed by atoms with E-state index in [9.17, 15) is 22.8 Å². The van der Waals surface area contributed by atoms with Gasteiger partial charge in [-0.15, -0.1) is 0 Å². The number of aromatic amines is 1. The van der Waals surface area contributed by atoms with Gasteiger partial charge in [0.1, 0.15) is 23.4 Å². The first kappa shape index (κ1) is 24.3. The fraction of sp³-hybridized carbons (Fsp3) is 0.280. The van der Waals surface area contributed by atoms with Gasteiger partial charge < -0.3 is 20.4 Å². The van der Waals surface area contributed by atoms with Gasteiger partial charge in [-0.3, -0.25) is 9.78 Å². The first-order chi connectivity index (χ1) is 17.6. The van der Waals surface area contributed by atoms with Gasteiger partial charge in [0, 0.05) is 36.0 Å². The third-order valence-corrected chi connectivity index (χ3v) is 6.47. The molecule has 2 aliphatic heterocycles. The zero-order valence-electron chi connectivity index (χ0n) is 20.0. The highest BCUT2D eigenvalue weighted by molar-refractivity contribution is 5.95. The summed E-state index contributed by atoms with van der Waals surface area (Å²) in [6.07, 6.45) is 2.38. The molecular weight excluding hydrogens is 489 g/mol. The number of ether oxygens (including phenoxy) is 1. The average molecular weight is 512 g/mol. The third kappa shape index (κ3) is 4.50. The van der Waals surface area contributed by atoms with Crippen LogP contribution in [0.25, 0.3) is 11.3 Å². The zero-order chi connectivity index (χ0) is 26.4. The lowest BCUT2D eigenvalue weighted by molar-refractivity contribution is 0.0256. The Balaban J connectivity index is 1.27. The number of hydrogen-bond donors (Lipinski definition) is 2. The SMILES string of the molecule is Cc1[nH]c(C(N)=O)c(C)c1-c1cc(OC2CN(C(=O)N3N=CC[C@H]3c3cc(F)cc(F)c3)C2)c(F)cn1. The van der Waals surface area contributed by atoms with Crippen molar-refractivity contribution in [2.24, 2.45) is 10.8 Å². The molecule has 192 valence electrons. The van der Waals surface area contributed by atoms with Crippen molar-refractivity contribution in [2.75, 3.05) is 13.1 Å². The summed E-state index contributed by atoms with van der Waals surface area (Å²) in [5.41, 5.74) is 8.22. The fourth-order valence-corrected chi connectivity index (χ4v) is 4.66. The van der Waals surface area contributed by atoms with Crippen LogP contribution in [0.15, 0.2) is 35.6 Å². The van der Waals surface area contributed by atoms with E-state index in [4.69, 9.17) is 10.5 Å². The molecule has 0 spiro atoms. The largest absolute Gasteiger partial charge is 0.483 e. The number of benzene rings is 1. The summed E-state index contributed by atoms with van der Waals surface area (Å²) in [4.78, 5) is 33.1. The number of likely N-dealkylation sites (tertiary alicyclic amines) is 1. The molecule has 0 radical (unpaired) electrons. The van der Waals surface area contributed by atoms with E-state index in [0.29, 0.717) is 34.5 Å². The van der Waals surface area contributed by atoms with E-state index < -0.39 is 41.5 Å². The molecule has 3 amide bonds. The first-order valence-electron chi connectivity index (χ1n) is 11.5. The Morgan fingerprint density at radius 2 is 1.81 bits per heavy atom. The van der Waals surface area contributed by atoms with Crippen LogP contribution in [0.4, 0.5) is 18.0 Å². The van der Waals surface area contributed by atoms with Crippen molar-refractivity contribution in [3.63, 3.8) is 0 Å². The second kappa shape index (κ2) is 9.26. The number of urea groups is 1. The molecule has 4 heterocycles. The summed E-state index contributed by atoms with van der Waals surface area (Å²) in [5, 5.41) is 5.27. The minimum atomic E-state index is -0.735. The molecule has 12 heteroatoms. The lowest BCUT2D eigenvalue weighted by Crippen LogP contribution is -2.58. The lowest BCUT2D eigenvalue weighted by Gasteiger charge is -2.41. The van der Waals surface area contributed by atoms with Gasteiger partial charge in [-0.05, 0) is 37.1 Å². The molecule has 1 saturated heterocycles. The number of hydrogen-bond acceptors (Lipinski definition) is 5. The second-order valence-electron chi connectivity index (χ2n) is 9.01. The maximum absolute atomic E-state index is 14.5. The van der Waals surface area contributed by atoms with E-state index in [0.717, 1.165) is 12.3 Å². The number of aromatic nitrogens is 2. The number of nitrogens with one attached hydrogen (secondary N) is 1. The zero-order valence-corrected chi connectivity index (χ0v) is 20.0. The van der Waals surface area contributed by atoms with Crippen LogP contribution in [0.2, 0.25) is 0 Å². The number of pyridine rings is 1. The number of halogens is 3. The van der Waals surface area contributed by atoms with Gasteiger partial charge in [0.2, 0.25) is 0 Å². The smallest absolute Gasteiger partial charge is 0.341 e. The topological polar surface area (TPSA) is 117 Å². The van der Waals surface area contributed by atoms with Crippen LogP contribution in [-0.2, 0) is 0 Å². The van der Waals surface area contributed by atoms with E-state index >= 15 is 0 Å². The Hall–Kier alpha value is -4.35. The normalized spacial score (nSPS) is 17.3. The summed E-state index contributed by atoms with van der Waals surface area (Å²) >= 11 is 0. The standard InChI is InChI=1S/C25H23F3N6O3/c1-12-22(13(2)32-23(12)24(29)35)19-8-21(18(28)9-30-19)37-17-10-33(11-17)25(36)34-20(3-4-31-34)14-5-15(26)7-16(27)6-14/h4-9,17,20,32H,3,10-11H2,1-2H3,(H2,29,35)/t20-/m0/s1. The van der Waals surface area contributed by atoms with Crippen LogP contribution < -0.4 is 10.5 Å². The molecule has 0 aliphatic carbocycles. The maximum Gasteiger partial charge on any atom is 0.341 e. The van der Waals surface area contributed by atoms with Gasteiger partial charge in [0.05, 0.1) is 31.0 Å². The van der Waals surface area contributed by atoms with E-state index in [1.54, 1.807) is 13.8 Å². The molecule has 3 aromatic rings. The number of nitrogens with zero attached hydrogens (tertiary/aromatic N) is 4. The van der Waals surface area contributed by atoms with Crippen LogP contribution in [0, 0.1) is 31.3 Å². The maximum atomic E-state index is 14.5. The summed E-state index contributed by atoms with van der Waals surface area (Å²) in [6, 6.07) is 3.48. The lowest BCUT2D eigenvalue weighted by atomic mass is 10.0. The number of nitrogens with two attached hydrogens (primary N) is 1. The van der Waals surface area contributed by atoms with Crippen LogP contribution in [-0.4, -0.2) is 57.2 Å². The highest BCUT2D eigenvalue weighted by Gasteiger charge is 2.39. The molecular formula is C25H23F3N6O3. The van der Waals surface area contributed by atoms with E-state index in [1.807, 2.05) is 0 Å². The number of H-pyrrole nitrogens is 1. The molecule has 2 aliphatic rings. The van der Waals surface area contributed by atoms with Crippen molar-refractivity contribution >= 4 is 18.2 Å². The molecule has 0 bridgehead atoms. The van der Waals surface area contributed by atoms with Gasteiger partial charge >= 0.3 is 6.03 Å². The molecule has 1 fully saturated rings. The third-order valence-electron chi connectivity index (χ3n) is 6.47. The highest BCUT2D eigenvalue weighted by atomic mass is 19.1. The molecule has 1 aromatic carbocycles. The number of carbonyl (C=O) groups excluding carboxylic acids is 2. The summed E-state index contributed by atoms with van der Waals surface area (Å²) < 4.78 is 47.7. The number of amides is 3. The van der Waals surface area contributed by atoms with E-state index in [-0.39, 0.29) is 24.5 Å². The van der Waals surface area contributed by atoms with Gasteiger partial charge in [-0.2, -0.15) is 5.10 Å². The van der Waals surface area contributed by atoms with Gasteiger partial charge in [0.25, 0.3) is 5.91 Å². The first-order valence-corrected chi connectivity index (χ1v) is 11.5. The number of hydrazone groups is 1. The molecule has 0 saturated carbocycles. The minimum Gasteiger partial charge on any atom is -0.483 e. The van der Waals surface area contributed by atoms with E-state index in [1.165, 1.54) is 34.3 Å². The molecule has 9 nitrogen and oxygen atoms in total. The molecule has 2 aromatic heterocycles. The molecule has 37 heavy (non-hydrogen) atoms. The molecule has 1 atom stereocenters. The summed E-state index contributed by atoms with van der Waals surface area (Å²) in [5.74, 6) is -2.80. The number of aryl methyl sites for hydroxylation is 1. The Bertz CT molecular complexity index is 1410. The Labute approximate surface area is 209 Å². The quantitative estimate of drug-likeness (QED) is 0.541. The molecule has 5 rings (SSSR count). The average Bonchev–Trinajstić information content (AvgIpc) is 3.41. The molecule has 0 unspecified atom stereocenters.